The van der Waals surface area contributed by atoms with Gasteiger partial charge in [-0.15, -0.1) is 0 Å². The Morgan fingerprint density at radius 3 is 2.43 bits per heavy atom. The van der Waals surface area contributed by atoms with Crippen LogP contribution in [0.3, 0.4) is 0 Å². The fraction of sp³-hybridized carbons (Fsp3) is 0.455. The quantitative estimate of drug-likeness (QED) is 0.557. The Bertz CT molecular complexity index is 687. The number of ether oxygens (including phenoxy) is 2. The van der Waals surface area contributed by atoms with Crippen LogP contribution in [0.15, 0.2) is 23.1 Å². The minimum atomic E-state index is -3.97. The van der Waals surface area contributed by atoms with Crippen molar-refractivity contribution in [3.63, 3.8) is 0 Å². The van der Waals surface area contributed by atoms with E-state index in [9.17, 15) is 16.8 Å². The maximum atomic E-state index is 11.9. The highest BCUT2D eigenvalue weighted by Crippen LogP contribution is 2.29. The number of rotatable bonds is 8. The maximum Gasteiger partial charge on any atom is 0.261 e. The minimum Gasteiger partial charge on any atom is -0.495 e. The highest BCUT2D eigenvalue weighted by atomic mass is 35.7. The summed E-state index contributed by atoms with van der Waals surface area (Å²) in [6.45, 7) is 2.18. The molecular formula is C11H16ClNO6S2. The largest absolute Gasteiger partial charge is 0.495 e. The summed E-state index contributed by atoms with van der Waals surface area (Å²) in [5.41, 5.74) is -0.00396. The second-order valence-electron chi connectivity index (χ2n) is 3.92. The first-order chi connectivity index (χ1) is 9.69. The van der Waals surface area contributed by atoms with Gasteiger partial charge in [-0.2, -0.15) is 0 Å². The van der Waals surface area contributed by atoms with Gasteiger partial charge in [0, 0.05) is 17.3 Å². The van der Waals surface area contributed by atoms with Gasteiger partial charge in [-0.1, -0.05) is 0 Å². The third-order valence-electron chi connectivity index (χ3n) is 2.42. The summed E-state index contributed by atoms with van der Waals surface area (Å²) < 4.78 is 58.5. The predicted octanol–water partition coefficient (Wildman–Crippen LogP) is 1.40. The van der Waals surface area contributed by atoms with Crippen molar-refractivity contribution in [2.45, 2.75) is 11.8 Å². The first-order valence-electron chi connectivity index (χ1n) is 5.90. The average Bonchev–Trinajstić information content (AvgIpc) is 2.37. The number of nitrogens with one attached hydrogen (secondary N) is 1. The molecule has 10 heteroatoms. The molecule has 0 unspecified atom stereocenters. The highest BCUT2D eigenvalue weighted by molar-refractivity contribution is 8.13. The van der Waals surface area contributed by atoms with Gasteiger partial charge in [0.25, 0.3) is 9.05 Å². The number of benzene rings is 1. The number of hydrogen-bond acceptors (Lipinski definition) is 6. The van der Waals surface area contributed by atoms with Gasteiger partial charge in [-0.05, 0) is 25.1 Å². The molecule has 0 fully saturated rings. The van der Waals surface area contributed by atoms with E-state index in [1.165, 1.54) is 19.2 Å². The molecule has 0 aliphatic rings. The zero-order valence-electron chi connectivity index (χ0n) is 11.5. The number of sulfonamides is 1. The Hall–Kier alpha value is -1.03. The third kappa shape index (κ3) is 5.70. The monoisotopic (exact) mass is 357 g/mol. The van der Waals surface area contributed by atoms with Gasteiger partial charge in [0.1, 0.15) is 5.75 Å². The summed E-state index contributed by atoms with van der Waals surface area (Å²) in [5, 5.41) is 0. The van der Waals surface area contributed by atoms with Crippen molar-refractivity contribution in [2.75, 3.05) is 30.8 Å². The molecule has 0 saturated heterocycles. The van der Waals surface area contributed by atoms with E-state index in [-0.39, 0.29) is 28.7 Å². The van der Waals surface area contributed by atoms with Gasteiger partial charge >= 0.3 is 0 Å². The maximum absolute atomic E-state index is 11.9. The molecule has 0 aliphatic carbocycles. The van der Waals surface area contributed by atoms with Crippen molar-refractivity contribution in [3.05, 3.63) is 18.2 Å². The third-order valence-corrected chi connectivity index (χ3v) is 5.01. The Kier molecular flexibility index (Phi) is 6.26. The van der Waals surface area contributed by atoms with Crippen LogP contribution < -0.4 is 9.46 Å². The first-order valence-corrected chi connectivity index (χ1v) is 9.86. The first kappa shape index (κ1) is 18.0. The SMILES string of the molecule is CCOCCS(=O)(=O)Nc1cc(S(=O)(=O)Cl)ccc1OC. The molecule has 0 heterocycles. The molecule has 1 rings (SSSR count). The molecule has 7 nitrogen and oxygen atoms in total. The summed E-state index contributed by atoms with van der Waals surface area (Å²) in [7, 11) is -1.09. The number of anilines is 1. The fourth-order valence-electron chi connectivity index (χ4n) is 1.45. The molecule has 120 valence electrons. The van der Waals surface area contributed by atoms with Crippen LogP contribution in [0.5, 0.6) is 5.75 Å². The van der Waals surface area contributed by atoms with Gasteiger partial charge in [0.2, 0.25) is 10.0 Å². The van der Waals surface area contributed by atoms with Crippen molar-refractivity contribution in [1.82, 2.24) is 0 Å². The molecule has 1 N–H and O–H groups in total. The van der Waals surface area contributed by atoms with Crippen molar-refractivity contribution in [1.29, 1.82) is 0 Å². The molecule has 21 heavy (non-hydrogen) atoms. The summed E-state index contributed by atoms with van der Waals surface area (Å²) in [6, 6.07) is 3.63. The smallest absolute Gasteiger partial charge is 0.261 e. The lowest BCUT2D eigenvalue weighted by molar-refractivity contribution is 0.163. The molecule has 1 aromatic carbocycles. The van der Waals surface area contributed by atoms with E-state index < -0.39 is 19.1 Å². The topological polar surface area (TPSA) is 98.8 Å². The van der Waals surface area contributed by atoms with Gasteiger partial charge in [-0.3, -0.25) is 4.72 Å². The Morgan fingerprint density at radius 2 is 1.90 bits per heavy atom. The van der Waals surface area contributed by atoms with Crippen LogP contribution >= 0.6 is 10.7 Å². The summed E-state index contributed by atoms with van der Waals surface area (Å²) in [5.74, 6) is -0.0824. The van der Waals surface area contributed by atoms with Crippen LogP contribution in [-0.2, 0) is 23.8 Å². The molecule has 0 amide bonds. The molecule has 1 aromatic rings. The van der Waals surface area contributed by atoms with Gasteiger partial charge in [-0.25, -0.2) is 16.8 Å². The predicted molar refractivity (Wildman–Crippen MR) is 79.9 cm³/mol. The van der Waals surface area contributed by atoms with Crippen molar-refractivity contribution < 1.29 is 26.3 Å². The van der Waals surface area contributed by atoms with E-state index in [2.05, 4.69) is 4.72 Å². The van der Waals surface area contributed by atoms with Crippen LogP contribution in [0.4, 0.5) is 5.69 Å². The lowest BCUT2D eigenvalue weighted by atomic mass is 10.3. The summed E-state index contributed by atoms with van der Waals surface area (Å²) in [4.78, 5) is -0.229. The number of halogens is 1. The second-order valence-corrected chi connectivity index (χ2v) is 8.33. The van der Waals surface area contributed by atoms with Crippen LogP contribution in [0, 0.1) is 0 Å². The molecule has 0 spiro atoms. The van der Waals surface area contributed by atoms with Gasteiger partial charge in [0.05, 0.1) is 30.1 Å². The minimum absolute atomic E-state index is 0.00396. The Balaban J connectivity index is 3.05. The number of hydrogen-bond donors (Lipinski definition) is 1. The molecular weight excluding hydrogens is 342 g/mol. The fourth-order valence-corrected chi connectivity index (χ4v) is 3.16. The lowest BCUT2D eigenvalue weighted by Gasteiger charge is -2.12. The second kappa shape index (κ2) is 7.30. The molecule has 0 aliphatic heterocycles. The average molecular weight is 358 g/mol. The standard InChI is InChI=1S/C11H16ClNO6S2/c1-3-19-6-7-20(14,15)13-10-8-9(21(12,16)17)4-5-11(10)18-2/h4-5,8,13H,3,6-7H2,1-2H3. The van der Waals surface area contributed by atoms with Crippen LogP contribution in [0.2, 0.25) is 0 Å². The van der Waals surface area contributed by atoms with Crippen LogP contribution in [-0.4, -0.2) is 42.9 Å². The van der Waals surface area contributed by atoms with Crippen LogP contribution in [0.1, 0.15) is 6.92 Å². The molecule has 0 atom stereocenters. The molecule has 0 bridgehead atoms. The van der Waals surface area contributed by atoms with E-state index in [4.69, 9.17) is 20.2 Å². The lowest BCUT2D eigenvalue weighted by Crippen LogP contribution is -2.20. The normalized spacial score (nSPS) is 12.1. The van der Waals surface area contributed by atoms with E-state index in [0.29, 0.717) is 6.61 Å². The highest BCUT2D eigenvalue weighted by Gasteiger charge is 2.17. The van der Waals surface area contributed by atoms with E-state index in [1.54, 1.807) is 6.92 Å². The molecule has 0 radical (unpaired) electrons. The Labute approximate surface area is 128 Å². The summed E-state index contributed by atoms with van der Waals surface area (Å²) in [6.07, 6.45) is 0. The molecule has 0 aromatic heterocycles. The zero-order valence-corrected chi connectivity index (χ0v) is 13.9. The van der Waals surface area contributed by atoms with Crippen molar-refractivity contribution >= 4 is 35.4 Å². The van der Waals surface area contributed by atoms with Crippen molar-refractivity contribution in [2.24, 2.45) is 0 Å². The number of methoxy groups -OCH3 is 1. The Morgan fingerprint density at radius 1 is 1.24 bits per heavy atom. The van der Waals surface area contributed by atoms with Crippen molar-refractivity contribution in [3.8, 4) is 5.75 Å². The van der Waals surface area contributed by atoms with Gasteiger partial charge < -0.3 is 9.47 Å². The van der Waals surface area contributed by atoms with Gasteiger partial charge in [0.15, 0.2) is 0 Å². The van der Waals surface area contributed by atoms with E-state index in [1.807, 2.05) is 0 Å². The van der Waals surface area contributed by atoms with E-state index >= 15 is 0 Å². The zero-order chi connectivity index (χ0) is 16.1. The van der Waals surface area contributed by atoms with Crippen LogP contribution in [0.25, 0.3) is 0 Å². The summed E-state index contributed by atoms with van der Waals surface area (Å²) >= 11 is 0. The molecule has 0 saturated carbocycles. The van der Waals surface area contributed by atoms with E-state index in [0.717, 1.165) is 6.07 Å².